The summed E-state index contributed by atoms with van der Waals surface area (Å²) in [6.07, 6.45) is 0. The number of carbonyl (C=O) groups excluding carboxylic acids is 2. The van der Waals surface area contributed by atoms with Gasteiger partial charge in [-0.15, -0.1) is 0 Å². The van der Waals surface area contributed by atoms with Gasteiger partial charge in [0, 0.05) is 5.02 Å². The summed E-state index contributed by atoms with van der Waals surface area (Å²) in [6, 6.07) is 4.48. The van der Waals surface area contributed by atoms with E-state index in [1.807, 2.05) is 0 Å². The summed E-state index contributed by atoms with van der Waals surface area (Å²) in [7, 11) is 0. The molecule has 0 saturated carbocycles. The minimum absolute atomic E-state index is 0.253. The Hall–Kier alpha value is -1.26. The standard InChI is InChI=1S/C8H6Cl2N2O2/c9-4-1-2-5(10)6(3-4)12-8(14)7(11)13/h1-3H,(H2,11,13)(H,12,14). The summed E-state index contributed by atoms with van der Waals surface area (Å²) in [6.45, 7) is 0. The van der Waals surface area contributed by atoms with Gasteiger partial charge in [-0.25, -0.2) is 0 Å². The van der Waals surface area contributed by atoms with E-state index >= 15 is 0 Å². The van der Waals surface area contributed by atoms with Crippen molar-refractivity contribution >= 4 is 40.7 Å². The lowest BCUT2D eigenvalue weighted by molar-refractivity contribution is -0.134. The average Bonchev–Trinajstić information content (AvgIpc) is 2.11. The van der Waals surface area contributed by atoms with Gasteiger partial charge in [-0.05, 0) is 18.2 Å². The molecule has 14 heavy (non-hydrogen) atoms. The van der Waals surface area contributed by atoms with Crippen LogP contribution in [0.15, 0.2) is 18.2 Å². The van der Waals surface area contributed by atoms with Crippen molar-refractivity contribution in [1.82, 2.24) is 0 Å². The van der Waals surface area contributed by atoms with Crippen molar-refractivity contribution in [3.63, 3.8) is 0 Å². The fourth-order valence-electron chi connectivity index (χ4n) is 0.777. The van der Waals surface area contributed by atoms with Gasteiger partial charge in [-0.3, -0.25) is 9.59 Å². The van der Waals surface area contributed by atoms with Gasteiger partial charge >= 0.3 is 11.8 Å². The van der Waals surface area contributed by atoms with E-state index in [2.05, 4.69) is 5.32 Å². The van der Waals surface area contributed by atoms with Crippen LogP contribution in [-0.4, -0.2) is 11.8 Å². The number of halogens is 2. The Morgan fingerprint density at radius 1 is 1.29 bits per heavy atom. The molecule has 3 N–H and O–H groups in total. The molecule has 74 valence electrons. The zero-order chi connectivity index (χ0) is 10.7. The van der Waals surface area contributed by atoms with Crippen molar-refractivity contribution in [3.8, 4) is 0 Å². The summed E-state index contributed by atoms with van der Waals surface area (Å²) in [5.41, 5.74) is 5.00. The first-order chi connectivity index (χ1) is 6.50. The lowest BCUT2D eigenvalue weighted by Gasteiger charge is -2.04. The highest BCUT2D eigenvalue weighted by atomic mass is 35.5. The molecule has 0 unspecified atom stereocenters. The summed E-state index contributed by atoms with van der Waals surface area (Å²) in [4.78, 5) is 21.3. The highest BCUT2D eigenvalue weighted by molar-refractivity contribution is 6.41. The minimum atomic E-state index is -1.08. The van der Waals surface area contributed by atoms with Gasteiger partial charge in [0.25, 0.3) is 0 Å². The first-order valence-electron chi connectivity index (χ1n) is 3.56. The summed E-state index contributed by atoms with van der Waals surface area (Å²) >= 11 is 11.4. The molecule has 1 aromatic rings. The van der Waals surface area contributed by atoms with Crippen LogP contribution < -0.4 is 11.1 Å². The third kappa shape index (κ3) is 2.61. The van der Waals surface area contributed by atoms with Gasteiger partial charge < -0.3 is 11.1 Å². The lowest BCUT2D eigenvalue weighted by Crippen LogP contribution is -2.29. The van der Waals surface area contributed by atoms with E-state index in [1.54, 1.807) is 6.07 Å². The molecule has 0 heterocycles. The molecule has 0 spiro atoms. The zero-order valence-electron chi connectivity index (χ0n) is 6.88. The van der Waals surface area contributed by atoms with Crippen LogP contribution in [0, 0.1) is 0 Å². The summed E-state index contributed by atoms with van der Waals surface area (Å²) < 4.78 is 0. The maximum absolute atomic E-state index is 10.9. The van der Waals surface area contributed by atoms with E-state index in [0.29, 0.717) is 5.02 Å². The lowest BCUT2D eigenvalue weighted by atomic mass is 10.3. The zero-order valence-corrected chi connectivity index (χ0v) is 8.39. The van der Waals surface area contributed by atoms with Gasteiger partial charge in [0.05, 0.1) is 10.7 Å². The highest BCUT2D eigenvalue weighted by Gasteiger charge is 2.10. The molecule has 6 heteroatoms. The molecule has 0 aliphatic rings. The minimum Gasteiger partial charge on any atom is -0.361 e. The maximum atomic E-state index is 10.9. The fraction of sp³-hybridized carbons (Fsp3) is 0. The number of rotatable bonds is 1. The largest absolute Gasteiger partial charge is 0.361 e. The van der Waals surface area contributed by atoms with Gasteiger partial charge in [-0.1, -0.05) is 23.2 Å². The molecule has 0 atom stereocenters. The summed E-state index contributed by atoms with van der Waals surface area (Å²) in [5.74, 6) is -2.02. The number of amides is 2. The number of benzene rings is 1. The van der Waals surface area contributed by atoms with Crippen LogP contribution in [0.4, 0.5) is 5.69 Å². The van der Waals surface area contributed by atoms with Crippen LogP contribution in [0.2, 0.25) is 10.0 Å². The first-order valence-corrected chi connectivity index (χ1v) is 4.32. The van der Waals surface area contributed by atoms with E-state index in [9.17, 15) is 9.59 Å². The number of carbonyl (C=O) groups is 2. The molecule has 0 saturated heterocycles. The van der Waals surface area contributed by atoms with Crippen LogP contribution in [0.5, 0.6) is 0 Å². The summed E-state index contributed by atoms with van der Waals surface area (Å²) in [5, 5.41) is 2.90. The van der Waals surface area contributed by atoms with E-state index in [4.69, 9.17) is 28.9 Å². The van der Waals surface area contributed by atoms with Crippen LogP contribution >= 0.6 is 23.2 Å². The SMILES string of the molecule is NC(=O)C(=O)Nc1cc(Cl)ccc1Cl. The average molecular weight is 233 g/mol. The molecular formula is C8H6Cl2N2O2. The molecular weight excluding hydrogens is 227 g/mol. The van der Waals surface area contributed by atoms with Crippen molar-refractivity contribution < 1.29 is 9.59 Å². The Morgan fingerprint density at radius 2 is 1.93 bits per heavy atom. The third-order valence-corrected chi connectivity index (χ3v) is 1.97. The Labute approximate surface area is 90.0 Å². The smallest absolute Gasteiger partial charge is 0.313 e. The molecule has 0 aliphatic heterocycles. The fourth-order valence-corrected chi connectivity index (χ4v) is 1.11. The van der Waals surface area contributed by atoms with Crippen molar-refractivity contribution in [3.05, 3.63) is 28.2 Å². The number of hydrogen-bond donors (Lipinski definition) is 2. The van der Waals surface area contributed by atoms with E-state index in [1.165, 1.54) is 12.1 Å². The molecule has 0 aliphatic carbocycles. The molecule has 2 amide bonds. The second kappa shape index (κ2) is 4.30. The van der Waals surface area contributed by atoms with Gasteiger partial charge in [0.1, 0.15) is 0 Å². The van der Waals surface area contributed by atoms with Crippen molar-refractivity contribution in [2.24, 2.45) is 5.73 Å². The molecule has 0 fully saturated rings. The molecule has 0 radical (unpaired) electrons. The second-order valence-electron chi connectivity index (χ2n) is 2.44. The van der Waals surface area contributed by atoms with Gasteiger partial charge in [0.2, 0.25) is 0 Å². The predicted molar refractivity (Wildman–Crippen MR) is 54.3 cm³/mol. The molecule has 4 nitrogen and oxygen atoms in total. The van der Waals surface area contributed by atoms with E-state index in [-0.39, 0.29) is 10.7 Å². The number of nitrogens with one attached hydrogen (secondary N) is 1. The Kier molecular flexibility index (Phi) is 3.33. The van der Waals surface area contributed by atoms with Crippen molar-refractivity contribution in [1.29, 1.82) is 0 Å². The maximum Gasteiger partial charge on any atom is 0.313 e. The quantitative estimate of drug-likeness (QED) is 0.720. The van der Waals surface area contributed by atoms with Crippen molar-refractivity contribution in [2.45, 2.75) is 0 Å². The third-order valence-electron chi connectivity index (χ3n) is 1.40. The van der Waals surface area contributed by atoms with Gasteiger partial charge in [-0.2, -0.15) is 0 Å². The van der Waals surface area contributed by atoms with Crippen LogP contribution in [-0.2, 0) is 9.59 Å². The van der Waals surface area contributed by atoms with Crippen LogP contribution in [0.25, 0.3) is 0 Å². The topological polar surface area (TPSA) is 72.2 Å². The number of nitrogens with two attached hydrogens (primary N) is 1. The second-order valence-corrected chi connectivity index (χ2v) is 3.29. The predicted octanol–water partition coefficient (Wildman–Crippen LogP) is 1.42. The van der Waals surface area contributed by atoms with E-state index < -0.39 is 11.8 Å². The highest BCUT2D eigenvalue weighted by Crippen LogP contribution is 2.25. The normalized spacial score (nSPS) is 9.57. The number of hydrogen-bond acceptors (Lipinski definition) is 2. The Balaban J connectivity index is 2.91. The first kappa shape index (κ1) is 10.8. The monoisotopic (exact) mass is 232 g/mol. The number of primary amides is 1. The number of anilines is 1. The molecule has 1 rings (SSSR count). The van der Waals surface area contributed by atoms with Crippen LogP contribution in [0.3, 0.4) is 0 Å². The van der Waals surface area contributed by atoms with E-state index in [0.717, 1.165) is 0 Å². The molecule has 0 bridgehead atoms. The Morgan fingerprint density at radius 3 is 2.50 bits per heavy atom. The Bertz CT molecular complexity index is 393. The molecule has 1 aromatic carbocycles. The van der Waals surface area contributed by atoms with Crippen molar-refractivity contribution in [2.75, 3.05) is 5.32 Å². The van der Waals surface area contributed by atoms with Crippen LogP contribution in [0.1, 0.15) is 0 Å². The van der Waals surface area contributed by atoms with Gasteiger partial charge in [0.15, 0.2) is 0 Å². The molecule has 0 aromatic heterocycles.